The molecule has 0 spiro atoms. The van der Waals surface area contributed by atoms with Gasteiger partial charge in [0, 0.05) is 0 Å². The fourth-order valence-electron chi connectivity index (χ4n) is 2.25. The third-order valence-electron chi connectivity index (χ3n) is 3.14. The second-order valence-corrected chi connectivity index (χ2v) is 4.79. The maximum Gasteiger partial charge on any atom is 0.165 e. The Kier molecular flexibility index (Phi) is 3.86. The first kappa shape index (κ1) is 13.6. The molecule has 0 radical (unpaired) electrons. The Labute approximate surface area is 113 Å². The van der Waals surface area contributed by atoms with E-state index in [9.17, 15) is 4.39 Å². The molecule has 19 heavy (non-hydrogen) atoms. The molecule has 2 nitrogen and oxygen atoms in total. The van der Waals surface area contributed by atoms with Gasteiger partial charge in [-0.1, -0.05) is 35.4 Å². The van der Waals surface area contributed by atoms with Crippen LogP contribution < -0.4 is 10.5 Å². The molecule has 2 aromatic rings. The fraction of sp³-hybridized carbons (Fsp3) is 0.250. The van der Waals surface area contributed by atoms with Gasteiger partial charge in [0.2, 0.25) is 0 Å². The average Bonchev–Trinajstić information content (AvgIpc) is 2.37. The second-order valence-electron chi connectivity index (χ2n) is 4.79. The normalized spacial score (nSPS) is 12.3. The maximum absolute atomic E-state index is 13.4. The summed E-state index contributed by atoms with van der Waals surface area (Å²) >= 11 is 0. The van der Waals surface area contributed by atoms with Gasteiger partial charge >= 0.3 is 0 Å². The van der Waals surface area contributed by atoms with E-state index in [1.54, 1.807) is 12.1 Å². The summed E-state index contributed by atoms with van der Waals surface area (Å²) in [4.78, 5) is 0. The minimum absolute atomic E-state index is 0.220. The van der Waals surface area contributed by atoms with Crippen LogP contribution in [0.4, 0.5) is 4.39 Å². The van der Waals surface area contributed by atoms with Gasteiger partial charge in [-0.25, -0.2) is 4.39 Å². The van der Waals surface area contributed by atoms with Gasteiger partial charge in [-0.2, -0.15) is 0 Å². The Balaban J connectivity index is 2.40. The lowest BCUT2D eigenvalue weighted by molar-refractivity contribution is 0.385. The molecule has 100 valence electrons. The van der Waals surface area contributed by atoms with E-state index in [0.29, 0.717) is 0 Å². The number of rotatable bonds is 3. The Morgan fingerprint density at radius 2 is 1.63 bits per heavy atom. The zero-order valence-corrected chi connectivity index (χ0v) is 11.4. The first-order valence-electron chi connectivity index (χ1n) is 6.18. The van der Waals surface area contributed by atoms with Crippen molar-refractivity contribution in [2.24, 2.45) is 5.73 Å². The molecule has 0 heterocycles. The van der Waals surface area contributed by atoms with Crippen LogP contribution in [0.3, 0.4) is 0 Å². The Morgan fingerprint density at radius 3 is 2.21 bits per heavy atom. The molecule has 2 N–H and O–H groups in total. The van der Waals surface area contributed by atoms with Crippen LogP contribution in [0.2, 0.25) is 0 Å². The van der Waals surface area contributed by atoms with Crippen LogP contribution in [0.5, 0.6) is 5.75 Å². The van der Waals surface area contributed by atoms with Crippen molar-refractivity contribution in [3.63, 3.8) is 0 Å². The van der Waals surface area contributed by atoms with Crippen LogP contribution >= 0.6 is 0 Å². The van der Waals surface area contributed by atoms with Crippen LogP contribution in [-0.2, 0) is 0 Å². The SMILES string of the molecule is COc1cc(C(N)c2cc(C)cc(C)c2)ccc1F. The lowest BCUT2D eigenvalue weighted by Gasteiger charge is -2.15. The fourth-order valence-corrected chi connectivity index (χ4v) is 2.25. The van der Waals surface area contributed by atoms with Crippen molar-refractivity contribution in [1.82, 2.24) is 0 Å². The molecule has 0 saturated carbocycles. The van der Waals surface area contributed by atoms with Gasteiger partial charge in [0.1, 0.15) is 0 Å². The lowest BCUT2D eigenvalue weighted by Crippen LogP contribution is -2.12. The van der Waals surface area contributed by atoms with Gasteiger partial charge in [-0.3, -0.25) is 0 Å². The summed E-state index contributed by atoms with van der Waals surface area (Å²) in [6.07, 6.45) is 0. The first-order chi connectivity index (χ1) is 9.01. The van der Waals surface area contributed by atoms with E-state index in [4.69, 9.17) is 10.5 Å². The third kappa shape index (κ3) is 2.93. The van der Waals surface area contributed by atoms with Crippen molar-refractivity contribution in [3.8, 4) is 5.75 Å². The molecule has 0 aliphatic rings. The Bertz CT molecular complexity index is 575. The van der Waals surface area contributed by atoms with E-state index in [2.05, 4.69) is 6.07 Å². The van der Waals surface area contributed by atoms with Gasteiger partial charge in [0.15, 0.2) is 11.6 Å². The number of benzene rings is 2. The van der Waals surface area contributed by atoms with E-state index in [-0.39, 0.29) is 17.6 Å². The van der Waals surface area contributed by atoms with Crippen molar-refractivity contribution in [2.75, 3.05) is 7.11 Å². The molecule has 2 rings (SSSR count). The molecule has 0 aromatic heterocycles. The highest BCUT2D eigenvalue weighted by atomic mass is 19.1. The zero-order valence-electron chi connectivity index (χ0n) is 11.4. The minimum atomic E-state index is -0.376. The summed E-state index contributed by atoms with van der Waals surface area (Å²) < 4.78 is 18.4. The predicted octanol–water partition coefficient (Wildman–Crippen LogP) is 3.50. The van der Waals surface area contributed by atoms with Gasteiger partial charge in [-0.15, -0.1) is 0 Å². The Morgan fingerprint density at radius 1 is 1.00 bits per heavy atom. The minimum Gasteiger partial charge on any atom is -0.494 e. The summed E-state index contributed by atoms with van der Waals surface area (Å²) in [5.41, 5.74) is 10.4. The molecule has 0 saturated heterocycles. The smallest absolute Gasteiger partial charge is 0.165 e. The van der Waals surface area contributed by atoms with Gasteiger partial charge in [0.25, 0.3) is 0 Å². The molecular formula is C16H18FNO. The number of aryl methyl sites for hydroxylation is 2. The van der Waals surface area contributed by atoms with E-state index in [0.717, 1.165) is 11.1 Å². The molecule has 0 bridgehead atoms. The van der Waals surface area contributed by atoms with Gasteiger partial charge < -0.3 is 10.5 Å². The summed E-state index contributed by atoms with van der Waals surface area (Å²) in [5.74, 6) is -0.156. The average molecular weight is 259 g/mol. The summed E-state index contributed by atoms with van der Waals surface area (Å²) in [7, 11) is 1.45. The maximum atomic E-state index is 13.4. The third-order valence-corrected chi connectivity index (χ3v) is 3.14. The van der Waals surface area contributed by atoms with Gasteiger partial charge in [0.05, 0.1) is 13.2 Å². The van der Waals surface area contributed by atoms with Crippen LogP contribution in [0.15, 0.2) is 36.4 Å². The monoisotopic (exact) mass is 259 g/mol. The molecule has 0 aliphatic heterocycles. The van der Waals surface area contributed by atoms with Crippen molar-refractivity contribution < 1.29 is 9.13 Å². The second kappa shape index (κ2) is 5.41. The quantitative estimate of drug-likeness (QED) is 0.915. The summed E-state index contributed by atoms with van der Waals surface area (Å²) in [6.45, 7) is 4.07. The molecule has 2 aromatic carbocycles. The molecule has 3 heteroatoms. The van der Waals surface area contributed by atoms with E-state index in [1.807, 2.05) is 26.0 Å². The van der Waals surface area contributed by atoms with Crippen LogP contribution in [0.25, 0.3) is 0 Å². The number of ether oxygens (including phenoxy) is 1. The van der Waals surface area contributed by atoms with Crippen molar-refractivity contribution in [1.29, 1.82) is 0 Å². The highest BCUT2D eigenvalue weighted by Gasteiger charge is 2.12. The number of nitrogens with two attached hydrogens (primary N) is 1. The molecule has 1 unspecified atom stereocenters. The molecule has 0 fully saturated rings. The van der Waals surface area contributed by atoms with Crippen molar-refractivity contribution in [2.45, 2.75) is 19.9 Å². The lowest BCUT2D eigenvalue weighted by atomic mass is 9.96. The first-order valence-corrected chi connectivity index (χ1v) is 6.18. The summed E-state index contributed by atoms with van der Waals surface area (Å²) in [6, 6.07) is 10.6. The number of hydrogen-bond donors (Lipinski definition) is 1. The number of halogens is 1. The van der Waals surface area contributed by atoms with Crippen molar-refractivity contribution in [3.05, 3.63) is 64.5 Å². The highest BCUT2D eigenvalue weighted by Crippen LogP contribution is 2.26. The topological polar surface area (TPSA) is 35.2 Å². The molecule has 1 atom stereocenters. The summed E-state index contributed by atoms with van der Waals surface area (Å²) in [5, 5.41) is 0. The molecule has 0 amide bonds. The largest absolute Gasteiger partial charge is 0.494 e. The van der Waals surface area contributed by atoms with Crippen molar-refractivity contribution >= 4 is 0 Å². The van der Waals surface area contributed by atoms with E-state index in [1.165, 1.54) is 24.3 Å². The van der Waals surface area contributed by atoms with E-state index >= 15 is 0 Å². The van der Waals surface area contributed by atoms with Crippen LogP contribution in [0, 0.1) is 19.7 Å². The predicted molar refractivity (Wildman–Crippen MR) is 74.9 cm³/mol. The molecular weight excluding hydrogens is 241 g/mol. The van der Waals surface area contributed by atoms with Gasteiger partial charge in [-0.05, 0) is 37.1 Å². The van der Waals surface area contributed by atoms with Crippen LogP contribution in [0.1, 0.15) is 28.3 Å². The number of hydrogen-bond acceptors (Lipinski definition) is 2. The Hall–Kier alpha value is -1.87. The highest BCUT2D eigenvalue weighted by molar-refractivity contribution is 5.39. The zero-order chi connectivity index (χ0) is 14.0. The number of methoxy groups -OCH3 is 1. The standard InChI is InChI=1S/C16H18FNO/c1-10-6-11(2)8-13(7-10)16(18)12-4-5-14(17)15(9-12)19-3/h4-9,16H,18H2,1-3H3. The van der Waals surface area contributed by atoms with Crippen LogP contribution in [-0.4, -0.2) is 7.11 Å². The van der Waals surface area contributed by atoms with E-state index < -0.39 is 0 Å². The molecule has 0 aliphatic carbocycles.